The third kappa shape index (κ3) is 3.83. The Balaban J connectivity index is 2.35. The van der Waals surface area contributed by atoms with Gasteiger partial charge < -0.3 is 5.11 Å². The lowest BCUT2D eigenvalue weighted by Gasteiger charge is -2.38. The molecule has 0 aromatic heterocycles. The molecule has 0 saturated carbocycles. The number of carbonyl (C=O) groups is 1. The van der Waals surface area contributed by atoms with Crippen molar-refractivity contribution < 1.29 is 9.90 Å². The first kappa shape index (κ1) is 22.6. The van der Waals surface area contributed by atoms with Crippen LogP contribution in [0, 0.1) is 16.7 Å². The lowest BCUT2D eigenvalue weighted by Crippen LogP contribution is -2.50. The Morgan fingerprint density at radius 2 is 1.80 bits per heavy atom. The van der Waals surface area contributed by atoms with E-state index in [1.54, 1.807) is 37.3 Å². The molecule has 0 spiro atoms. The summed E-state index contributed by atoms with van der Waals surface area (Å²) in [4.78, 5) is 12.6. The van der Waals surface area contributed by atoms with Crippen molar-refractivity contribution in [3.05, 3.63) is 69.7 Å². The van der Waals surface area contributed by atoms with Gasteiger partial charge in [0, 0.05) is 22.0 Å². The number of halogens is 2. The van der Waals surface area contributed by atoms with E-state index in [2.05, 4.69) is 32.2 Å². The molecule has 0 unspecified atom stereocenters. The van der Waals surface area contributed by atoms with E-state index < -0.39 is 28.9 Å². The number of rotatable bonds is 4. The van der Waals surface area contributed by atoms with Crippen molar-refractivity contribution in [3.63, 3.8) is 0 Å². The Kier molecular flexibility index (Phi) is 5.95. The second kappa shape index (κ2) is 7.89. The topological polar surface area (TPSA) is 73.1 Å². The molecule has 6 heteroatoms. The summed E-state index contributed by atoms with van der Waals surface area (Å²) in [6.45, 7) is 7.92. The van der Waals surface area contributed by atoms with Crippen LogP contribution in [0.3, 0.4) is 0 Å². The molecule has 158 valence electrons. The zero-order chi connectivity index (χ0) is 22.3. The highest BCUT2D eigenvalue weighted by Crippen LogP contribution is 2.55. The lowest BCUT2D eigenvalue weighted by molar-refractivity contribution is -0.144. The molecule has 1 aliphatic rings. The summed E-state index contributed by atoms with van der Waals surface area (Å²) in [5.41, 5.74) is -1.17. The molecule has 0 radical (unpaired) electrons. The molecule has 30 heavy (non-hydrogen) atoms. The fourth-order valence-electron chi connectivity index (χ4n) is 4.81. The molecule has 2 aromatic carbocycles. The maximum atomic E-state index is 12.6. The van der Waals surface area contributed by atoms with Crippen LogP contribution in [-0.2, 0) is 10.2 Å². The number of carboxylic acids is 1. The normalized spacial score (nSPS) is 28.8. The average molecular weight is 445 g/mol. The van der Waals surface area contributed by atoms with Crippen molar-refractivity contribution in [2.75, 3.05) is 0 Å². The molecular formula is C24H26Cl2N2O2. The summed E-state index contributed by atoms with van der Waals surface area (Å²) < 4.78 is 0. The molecule has 0 amide bonds. The number of hydrogen-bond donors (Lipinski definition) is 2. The fourth-order valence-corrected chi connectivity index (χ4v) is 5.13. The van der Waals surface area contributed by atoms with Gasteiger partial charge in [0.05, 0.1) is 6.07 Å². The summed E-state index contributed by atoms with van der Waals surface area (Å²) >= 11 is 12.4. The van der Waals surface area contributed by atoms with E-state index in [1.165, 1.54) is 0 Å². The summed E-state index contributed by atoms with van der Waals surface area (Å²) in [7, 11) is 0. The monoisotopic (exact) mass is 444 g/mol. The molecule has 0 aliphatic carbocycles. The van der Waals surface area contributed by atoms with E-state index in [1.807, 2.05) is 18.2 Å². The Morgan fingerprint density at radius 3 is 2.30 bits per heavy atom. The summed E-state index contributed by atoms with van der Waals surface area (Å²) in [6.07, 6.45) is 0.614. The molecule has 1 heterocycles. The maximum Gasteiger partial charge on any atom is 0.324 e. The van der Waals surface area contributed by atoms with E-state index in [0.717, 1.165) is 5.56 Å². The molecule has 4 nitrogen and oxygen atoms in total. The van der Waals surface area contributed by atoms with Gasteiger partial charge in [0.15, 0.2) is 0 Å². The van der Waals surface area contributed by atoms with Gasteiger partial charge in [0.1, 0.15) is 11.0 Å². The van der Waals surface area contributed by atoms with Gasteiger partial charge >= 0.3 is 5.97 Å². The van der Waals surface area contributed by atoms with Gasteiger partial charge in [-0.05, 0) is 54.2 Å². The fraction of sp³-hybridized carbons (Fsp3) is 0.417. The number of benzene rings is 2. The second-order valence-corrected chi connectivity index (χ2v) is 10.3. The van der Waals surface area contributed by atoms with Crippen LogP contribution in [0.2, 0.25) is 10.0 Å². The minimum Gasteiger partial charge on any atom is -0.480 e. The molecule has 3 rings (SSSR count). The average Bonchev–Trinajstić information content (AvgIpc) is 2.90. The number of hydrogen-bond acceptors (Lipinski definition) is 3. The van der Waals surface area contributed by atoms with Crippen molar-refractivity contribution in [1.82, 2.24) is 5.32 Å². The zero-order valence-corrected chi connectivity index (χ0v) is 19.1. The highest BCUT2D eigenvalue weighted by atomic mass is 35.5. The third-order valence-electron chi connectivity index (χ3n) is 6.01. The number of nitriles is 1. The Morgan fingerprint density at radius 1 is 1.17 bits per heavy atom. The van der Waals surface area contributed by atoms with Crippen molar-refractivity contribution in [1.29, 1.82) is 5.26 Å². The summed E-state index contributed by atoms with van der Waals surface area (Å²) in [5.74, 6) is -1.67. The first-order chi connectivity index (χ1) is 13.9. The highest BCUT2D eigenvalue weighted by molar-refractivity contribution is 6.30. The predicted molar refractivity (Wildman–Crippen MR) is 120 cm³/mol. The van der Waals surface area contributed by atoms with Gasteiger partial charge in [-0.25, -0.2) is 0 Å². The quantitative estimate of drug-likeness (QED) is 0.625. The van der Waals surface area contributed by atoms with Crippen molar-refractivity contribution in [2.24, 2.45) is 5.41 Å². The van der Waals surface area contributed by atoms with E-state index in [9.17, 15) is 15.2 Å². The van der Waals surface area contributed by atoms with Gasteiger partial charge in [-0.15, -0.1) is 0 Å². The third-order valence-corrected chi connectivity index (χ3v) is 6.49. The predicted octanol–water partition coefficient (Wildman–Crippen LogP) is 5.79. The highest BCUT2D eigenvalue weighted by Gasteiger charge is 2.65. The van der Waals surface area contributed by atoms with E-state index >= 15 is 0 Å². The minimum atomic E-state index is -1.37. The SMILES string of the molecule is CC(C)(C)C[C@@H]1N[C@](C)(C(=O)O)[C@H](c2cccc(Cl)c2)[C@@]1(C#N)c1ccc(Cl)cc1. The number of aliphatic carboxylic acids is 1. The number of carboxylic acid groups (broad SMARTS) is 1. The van der Waals surface area contributed by atoms with Crippen LogP contribution < -0.4 is 5.32 Å². The Labute approximate surface area is 187 Å². The van der Waals surface area contributed by atoms with Gasteiger partial charge in [-0.3, -0.25) is 10.1 Å². The Bertz CT molecular complexity index is 994. The standard InChI is InChI=1S/C24H26Cl2N2O2/c1-22(2,3)13-19-24(14-27,16-8-10-17(25)11-9-16)20(23(4,28-19)21(29)30)15-6-5-7-18(26)12-15/h5-12,19-20,28H,13H2,1-4H3,(H,29,30)/t19-,20-,23-,24-/m0/s1. The molecule has 0 bridgehead atoms. The molecule has 2 aromatic rings. The van der Waals surface area contributed by atoms with Crippen LogP contribution in [0.5, 0.6) is 0 Å². The van der Waals surface area contributed by atoms with Crippen molar-refractivity contribution in [2.45, 2.75) is 57.0 Å². The van der Waals surface area contributed by atoms with Crippen LogP contribution in [0.25, 0.3) is 0 Å². The summed E-state index contributed by atoms with van der Waals surface area (Å²) in [6, 6.07) is 16.4. The van der Waals surface area contributed by atoms with E-state index in [0.29, 0.717) is 22.0 Å². The van der Waals surface area contributed by atoms with Crippen molar-refractivity contribution in [3.8, 4) is 6.07 Å². The lowest BCUT2D eigenvalue weighted by atomic mass is 9.60. The van der Waals surface area contributed by atoms with E-state index in [-0.39, 0.29) is 5.41 Å². The first-order valence-corrected chi connectivity index (χ1v) is 10.6. The van der Waals surface area contributed by atoms with Gasteiger partial charge in [0.2, 0.25) is 0 Å². The second-order valence-electron chi connectivity index (χ2n) is 9.44. The van der Waals surface area contributed by atoms with Crippen molar-refractivity contribution >= 4 is 29.2 Å². The molecule has 1 fully saturated rings. The Hall–Kier alpha value is -2.06. The van der Waals surface area contributed by atoms with Crippen LogP contribution in [0.4, 0.5) is 0 Å². The van der Waals surface area contributed by atoms with Crippen LogP contribution in [0.1, 0.15) is 51.2 Å². The molecule has 2 N–H and O–H groups in total. The minimum absolute atomic E-state index is 0.130. The number of nitrogens with one attached hydrogen (secondary N) is 1. The largest absolute Gasteiger partial charge is 0.480 e. The van der Waals surface area contributed by atoms with Gasteiger partial charge in [-0.1, -0.05) is 68.2 Å². The molecule has 1 aliphatic heterocycles. The first-order valence-electron chi connectivity index (χ1n) is 9.88. The van der Waals surface area contributed by atoms with Crippen LogP contribution >= 0.6 is 23.2 Å². The van der Waals surface area contributed by atoms with E-state index in [4.69, 9.17) is 23.2 Å². The van der Waals surface area contributed by atoms with Gasteiger partial charge in [-0.2, -0.15) is 5.26 Å². The zero-order valence-electron chi connectivity index (χ0n) is 17.5. The number of nitrogens with zero attached hydrogens (tertiary/aromatic N) is 1. The molecule has 4 atom stereocenters. The van der Waals surface area contributed by atoms with Gasteiger partial charge in [0.25, 0.3) is 0 Å². The molecule has 1 saturated heterocycles. The summed E-state index contributed by atoms with van der Waals surface area (Å²) in [5, 5.41) is 25.4. The molecular weight excluding hydrogens is 419 g/mol. The van der Waals surface area contributed by atoms with Crippen LogP contribution in [-0.4, -0.2) is 22.7 Å². The maximum absolute atomic E-state index is 12.6. The van der Waals surface area contributed by atoms with Crippen LogP contribution in [0.15, 0.2) is 48.5 Å². The smallest absolute Gasteiger partial charge is 0.324 e.